The predicted octanol–water partition coefficient (Wildman–Crippen LogP) is 2.56. The number of ether oxygens (including phenoxy) is 4. The third-order valence-electron chi connectivity index (χ3n) is 7.59. The van der Waals surface area contributed by atoms with Crippen molar-refractivity contribution < 1.29 is 54.9 Å². The first-order valence-electron chi connectivity index (χ1n) is 13.9. The molecule has 0 saturated carbocycles. The Balaban J connectivity index is 1.28. The zero-order valence-corrected chi connectivity index (χ0v) is 24.2. The molecule has 0 spiro atoms. The van der Waals surface area contributed by atoms with E-state index in [4.69, 9.17) is 18.9 Å². The molecule has 2 aromatic rings. The molecule has 2 unspecified atom stereocenters. The highest BCUT2D eigenvalue weighted by molar-refractivity contribution is 6.30. The fourth-order valence-corrected chi connectivity index (χ4v) is 5.51. The lowest BCUT2D eigenvalue weighted by Gasteiger charge is -2.43. The minimum absolute atomic E-state index is 0.0191. The monoisotopic (exact) mass is 656 g/mol. The van der Waals surface area contributed by atoms with Gasteiger partial charge in [-0.2, -0.15) is 26.3 Å². The van der Waals surface area contributed by atoms with Crippen LogP contribution in [0.1, 0.15) is 11.1 Å². The highest BCUT2D eigenvalue weighted by Gasteiger charge is 2.54. The summed E-state index contributed by atoms with van der Waals surface area (Å²) < 4.78 is 103. The number of rotatable bonds is 4. The molecule has 0 fully saturated rings. The number of alkyl halides is 6. The topological polar surface area (TPSA) is 126 Å². The van der Waals surface area contributed by atoms with Gasteiger partial charge >= 0.3 is 35.9 Å². The van der Waals surface area contributed by atoms with E-state index < -0.39 is 47.0 Å². The molecule has 46 heavy (non-hydrogen) atoms. The van der Waals surface area contributed by atoms with Crippen LogP contribution < -0.4 is 29.9 Å². The highest BCUT2D eigenvalue weighted by atomic mass is 19.4. The van der Waals surface area contributed by atoms with Crippen LogP contribution in [0.15, 0.2) is 46.4 Å². The molecule has 0 aliphatic carbocycles. The Hall–Kier alpha value is -4.90. The third kappa shape index (κ3) is 5.55. The number of esters is 2. The van der Waals surface area contributed by atoms with Crippen LogP contribution >= 0.6 is 0 Å². The first-order chi connectivity index (χ1) is 21.6. The standard InChI is InChI=1S/C28H26F6N6O6/c1-39-13-25(23-35-7-8-36-23,43-19-5-3-15(11-17(19)39)27(29,30)31)45-21(41)22(42)46-26(24-37-9-10-38-24)14-40(2)18-12-16(28(32,33)34)4-6-20(18)44-26/h3-6,11-12H,7-10,13-14H2,1-2H3,(H,35,36)(H,37,38). The van der Waals surface area contributed by atoms with Crippen LogP contribution in [0.25, 0.3) is 0 Å². The summed E-state index contributed by atoms with van der Waals surface area (Å²) in [6.45, 7) is 0.457. The molecule has 0 amide bonds. The Kier molecular flexibility index (Phi) is 7.35. The number of hydrogen-bond acceptors (Lipinski definition) is 12. The van der Waals surface area contributed by atoms with Crippen molar-refractivity contribution in [3.05, 3.63) is 47.5 Å². The Morgan fingerprint density at radius 1 is 0.739 bits per heavy atom. The van der Waals surface area contributed by atoms with E-state index in [9.17, 15) is 35.9 Å². The van der Waals surface area contributed by atoms with Crippen LogP contribution in [-0.4, -0.2) is 88.5 Å². The summed E-state index contributed by atoms with van der Waals surface area (Å²) in [6, 6.07) is 5.49. The molecular formula is C28H26F6N6O6. The van der Waals surface area contributed by atoms with Crippen LogP contribution in [0.3, 0.4) is 0 Å². The first kappa shape index (κ1) is 31.1. The average Bonchev–Trinajstić information content (AvgIpc) is 3.72. The molecule has 18 heteroatoms. The van der Waals surface area contributed by atoms with E-state index in [-0.39, 0.29) is 60.7 Å². The Bertz CT molecular complexity index is 1530. The minimum Gasteiger partial charge on any atom is -0.442 e. The predicted molar refractivity (Wildman–Crippen MR) is 149 cm³/mol. The van der Waals surface area contributed by atoms with Crippen molar-refractivity contribution in [2.45, 2.75) is 23.9 Å². The Labute approximate surface area is 256 Å². The van der Waals surface area contributed by atoms with Crippen LogP contribution in [0, 0.1) is 0 Å². The van der Waals surface area contributed by atoms with E-state index in [0.29, 0.717) is 13.1 Å². The van der Waals surface area contributed by atoms with Gasteiger partial charge in [0.05, 0.1) is 35.6 Å². The number of anilines is 2. The molecule has 2 atom stereocenters. The van der Waals surface area contributed by atoms with Gasteiger partial charge in [0, 0.05) is 27.2 Å². The van der Waals surface area contributed by atoms with E-state index in [1.54, 1.807) is 0 Å². The molecule has 4 heterocycles. The Morgan fingerprint density at radius 2 is 1.13 bits per heavy atom. The fourth-order valence-electron chi connectivity index (χ4n) is 5.51. The molecule has 0 radical (unpaired) electrons. The number of halogens is 6. The van der Waals surface area contributed by atoms with Gasteiger partial charge in [0.25, 0.3) is 0 Å². The second-order valence-corrected chi connectivity index (χ2v) is 10.9. The molecule has 2 aromatic carbocycles. The number of nitrogens with zero attached hydrogens (tertiary/aromatic N) is 4. The fraction of sp³-hybridized carbons (Fsp3) is 0.429. The van der Waals surface area contributed by atoms with E-state index >= 15 is 0 Å². The lowest BCUT2D eigenvalue weighted by Crippen LogP contribution is -2.63. The molecule has 4 aliphatic heterocycles. The summed E-state index contributed by atoms with van der Waals surface area (Å²) in [5.74, 6) is -7.43. The third-order valence-corrected chi connectivity index (χ3v) is 7.59. The molecule has 0 saturated heterocycles. The molecule has 12 nitrogen and oxygen atoms in total. The van der Waals surface area contributed by atoms with Gasteiger partial charge in [0.1, 0.15) is 24.6 Å². The molecule has 0 bridgehead atoms. The maximum atomic E-state index is 13.4. The van der Waals surface area contributed by atoms with Crippen LogP contribution in [0.2, 0.25) is 0 Å². The van der Waals surface area contributed by atoms with Crippen molar-refractivity contribution in [1.82, 2.24) is 10.6 Å². The molecule has 4 aliphatic rings. The first-order valence-corrected chi connectivity index (χ1v) is 13.9. The van der Waals surface area contributed by atoms with E-state index in [1.165, 1.54) is 23.9 Å². The number of amidine groups is 2. The van der Waals surface area contributed by atoms with Crippen molar-refractivity contribution >= 4 is 35.0 Å². The number of carbonyl (C=O) groups excluding carboxylic acids is 2. The number of benzene rings is 2. The van der Waals surface area contributed by atoms with Gasteiger partial charge in [-0.25, -0.2) is 9.59 Å². The molecule has 6 rings (SSSR count). The SMILES string of the molecule is CN1CC(OC(=O)C(=O)OC2(C3=NCCN3)CN(C)c3cc(C(F)(F)F)ccc3O2)(C2=NCCN2)Oc2ccc(C(F)(F)F)cc21. The highest BCUT2D eigenvalue weighted by Crippen LogP contribution is 2.43. The van der Waals surface area contributed by atoms with Gasteiger partial charge in [-0.3, -0.25) is 9.98 Å². The molecule has 0 aromatic heterocycles. The van der Waals surface area contributed by atoms with Crippen LogP contribution in [0.4, 0.5) is 37.7 Å². The number of carbonyl (C=O) groups is 2. The quantitative estimate of drug-likeness (QED) is 0.288. The summed E-state index contributed by atoms with van der Waals surface area (Å²) in [6.07, 6.45) is -9.24. The summed E-state index contributed by atoms with van der Waals surface area (Å²) >= 11 is 0. The van der Waals surface area contributed by atoms with Crippen LogP contribution in [-0.2, 0) is 31.4 Å². The minimum atomic E-state index is -4.62. The summed E-state index contributed by atoms with van der Waals surface area (Å²) in [5, 5.41) is 5.82. The van der Waals surface area contributed by atoms with Crippen molar-refractivity contribution in [2.75, 3.05) is 63.2 Å². The van der Waals surface area contributed by atoms with Gasteiger partial charge < -0.3 is 39.4 Å². The maximum absolute atomic E-state index is 13.4. The van der Waals surface area contributed by atoms with Crippen molar-refractivity contribution in [3.8, 4) is 11.5 Å². The van der Waals surface area contributed by atoms with Gasteiger partial charge in [0.15, 0.2) is 11.7 Å². The molecule has 2 N–H and O–H groups in total. The molecular weight excluding hydrogens is 630 g/mol. The number of likely N-dealkylation sites (N-methyl/N-ethyl adjacent to an activating group) is 2. The largest absolute Gasteiger partial charge is 0.442 e. The lowest BCUT2D eigenvalue weighted by molar-refractivity contribution is -0.202. The summed E-state index contributed by atoms with van der Waals surface area (Å²) in [4.78, 5) is 38.1. The van der Waals surface area contributed by atoms with Crippen molar-refractivity contribution in [1.29, 1.82) is 0 Å². The van der Waals surface area contributed by atoms with Gasteiger partial charge in [-0.15, -0.1) is 0 Å². The van der Waals surface area contributed by atoms with E-state index in [2.05, 4.69) is 20.6 Å². The zero-order chi connectivity index (χ0) is 33.1. The second-order valence-electron chi connectivity index (χ2n) is 10.9. The molecule has 246 valence electrons. The van der Waals surface area contributed by atoms with Crippen LogP contribution in [0.5, 0.6) is 11.5 Å². The van der Waals surface area contributed by atoms with Gasteiger partial charge in [0.2, 0.25) is 0 Å². The van der Waals surface area contributed by atoms with Gasteiger partial charge in [-0.05, 0) is 36.4 Å². The number of hydrogen-bond donors (Lipinski definition) is 2. The normalized spacial score (nSPS) is 23.9. The van der Waals surface area contributed by atoms with Gasteiger partial charge in [-0.1, -0.05) is 0 Å². The van der Waals surface area contributed by atoms with E-state index in [1.807, 2.05) is 0 Å². The zero-order valence-electron chi connectivity index (χ0n) is 24.2. The number of fused-ring (bicyclic) bond motifs is 2. The van der Waals surface area contributed by atoms with Crippen molar-refractivity contribution in [3.63, 3.8) is 0 Å². The Morgan fingerprint density at radius 3 is 1.46 bits per heavy atom. The summed E-state index contributed by atoms with van der Waals surface area (Å²) in [5.41, 5.74) is -1.74. The maximum Gasteiger partial charge on any atom is 0.421 e. The van der Waals surface area contributed by atoms with E-state index in [0.717, 1.165) is 36.4 Å². The number of nitrogens with one attached hydrogen (secondary N) is 2. The smallest absolute Gasteiger partial charge is 0.421 e. The summed E-state index contributed by atoms with van der Waals surface area (Å²) in [7, 11) is 2.90. The second kappa shape index (κ2) is 10.9. The lowest BCUT2D eigenvalue weighted by atomic mass is 10.1. The average molecular weight is 657 g/mol. The number of aliphatic imine (C=N–C) groups is 2. The van der Waals surface area contributed by atoms with Crippen molar-refractivity contribution in [2.24, 2.45) is 9.98 Å².